The number of nitrogens with zero attached hydrogens (tertiary/aromatic N) is 2. The van der Waals surface area contributed by atoms with E-state index < -0.39 is 5.63 Å². The van der Waals surface area contributed by atoms with E-state index in [-0.39, 0.29) is 11.8 Å². The molecule has 0 fully saturated rings. The lowest BCUT2D eigenvalue weighted by Gasteiger charge is -2.21. The van der Waals surface area contributed by atoms with E-state index >= 15 is 0 Å². The molecule has 0 saturated heterocycles. The fourth-order valence-corrected chi connectivity index (χ4v) is 3.90. The predicted molar refractivity (Wildman–Crippen MR) is 118 cm³/mol. The van der Waals surface area contributed by atoms with Gasteiger partial charge < -0.3 is 9.32 Å². The van der Waals surface area contributed by atoms with E-state index in [2.05, 4.69) is 18.7 Å². The van der Waals surface area contributed by atoms with Gasteiger partial charge in [0.05, 0.1) is 11.3 Å². The first-order valence-corrected chi connectivity index (χ1v) is 9.93. The third-order valence-electron chi connectivity index (χ3n) is 5.50. The van der Waals surface area contributed by atoms with Crippen LogP contribution in [0.15, 0.2) is 63.8 Å². The molecule has 6 heteroatoms. The number of carbonyl (C=O) groups is 2. The summed E-state index contributed by atoms with van der Waals surface area (Å²) in [6.45, 7) is 7.81. The standard InChI is InChI=1S/C24H22N2O4/c1-4-25(5-2)18-10-11-19-15(3)23(24(29)30-20(19)14-18)16-6-8-17(9-7-16)26-21(27)12-13-22(26)28/h6-14H,4-5H2,1-3H3. The minimum absolute atomic E-state index is 0.377. The molecule has 0 unspecified atom stereocenters. The normalized spacial score (nSPS) is 13.5. The number of hydrogen-bond donors (Lipinski definition) is 0. The average Bonchev–Trinajstić information content (AvgIpc) is 3.07. The Morgan fingerprint density at radius 3 is 2.13 bits per heavy atom. The highest BCUT2D eigenvalue weighted by atomic mass is 16.4. The van der Waals surface area contributed by atoms with Crippen LogP contribution in [0.5, 0.6) is 0 Å². The minimum Gasteiger partial charge on any atom is -0.422 e. The molecule has 30 heavy (non-hydrogen) atoms. The van der Waals surface area contributed by atoms with E-state index in [9.17, 15) is 14.4 Å². The predicted octanol–water partition coefficient (Wildman–Crippen LogP) is 4.04. The lowest BCUT2D eigenvalue weighted by Crippen LogP contribution is -2.29. The Morgan fingerprint density at radius 2 is 1.53 bits per heavy atom. The molecule has 2 aromatic carbocycles. The maximum Gasteiger partial charge on any atom is 0.344 e. The van der Waals surface area contributed by atoms with Crippen LogP contribution in [0.1, 0.15) is 19.4 Å². The number of hydrogen-bond acceptors (Lipinski definition) is 5. The second-order valence-corrected chi connectivity index (χ2v) is 7.13. The van der Waals surface area contributed by atoms with E-state index in [4.69, 9.17) is 4.42 Å². The Labute approximate surface area is 174 Å². The molecule has 0 bridgehead atoms. The highest BCUT2D eigenvalue weighted by Crippen LogP contribution is 2.30. The van der Waals surface area contributed by atoms with Crippen molar-refractivity contribution in [1.82, 2.24) is 0 Å². The molecule has 0 spiro atoms. The van der Waals surface area contributed by atoms with Gasteiger partial charge >= 0.3 is 5.63 Å². The topological polar surface area (TPSA) is 70.8 Å². The van der Waals surface area contributed by atoms with Crippen molar-refractivity contribution in [2.45, 2.75) is 20.8 Å². The number of benzene rings is 2. The van der Waals surface area contributed by atoms with Crippen LogP contribution in [-0.2, 0) is 9.59 Å². The Hall–Kier alpha value is -3.67. The summed E-state index contributed by atoms with van der Waals surface area (Å²) in [5.41, 5.74) is 3.59. The van der Waals surface area contributed by atoms with Crippen molar-refractivity contribution < 1.29 is 14.0 Å². The summed E-state index contributed by atoms with van der Waals surface area (Å²) in [5, 5.41) is 0.874. The molecule has 152 valence electrons. The zero-order chi connectivity index (χ0) is 21.4. The van der Waals surface area contributed by atoms with Gasteiger partial charge in [0, 0.05) is 42.4 Å². The molecular weight excluding hydrogens is 380 g/mol. The lowest BCUT2D eigenvalue weighted by atomic mass is 9.99. The van der Waals surface area contributed by atoms with Crippen LogP contribution in [0.2, 0.25) is 0 Å². The Bertz CT molecular complexity index is 1220. The van der Waals surface area contributed by atoms with Crippen LogP contribution in [0.4, 0.5) is 11.4 Å². The maximum absolute atomic E-state index is 12.8. The third kappa shape index (κ3) is 3.20. The third-order valence-corrected chi connectivity index (χ3v) is 5.50. The summed E-state index contributed by atoms with van der Waals surface area (Å²) in [6.07, 6.45) is 2.48. The quantitative estimate of drug-likeness (QED) is 0.476. The first-order valence-electron chi connectivity index (χ1n) is 9.93. The van der Waals surface area contributed by atoms with Gasteiger partial charge in [0.25, 0.3) is 11.8 Å². The molecule has 1 aliphatic rings. The summed E-state index contributed by atoms with van der Waals surface area (Å²) in [6, 6.07) is 12.7. The van der Waals surface area contributed by atoms with Crippen LogP contribution in [0.3, 0.4) is 0 Å². The first kappa shape index (κ1) is 19.6. The van der Waals surface area contributed by atoms with Crippen molar-refractivity contribution in [1.29, 1.82) is 0 Å². The SMILES string of the molecule is CCN(CC)c1ccc2c(C)c(-c3ccc(N4C(=O)C=CC4=O)cc3)c(=O)oc2c1. The second kappa shape index (κ2) is 7.63. The molecule has 0 radical (unpaired) electrons. The molecule has 2 heterocycles. The van der Waals surface area contributed by atoms with Crippen molar-refractivity contribution in [3.05, 3.63) is 70.6 Å². The van der Waals surface area contributed by atoms with E-state index in [0.29, 0.717) is 22.4 Å². The zero-order valence-corrected chi connectivity index (χ0v) is 17.1. The number of anilines is 2. The van der Waals surface area contributed by atoms with E-state index in [1.165, 1.54) is 12.2 Å². The van der Waals surface area contributed by atoms with Crippen molar-refractivity contribution in [2.24, 2.45) is 0 Å². The molecule has 0 aliphatic carbocycles. The summed E-state index contributed by atoms with van der Waals surface area (Å²) in [5.74, 6) is -0.753. The number of rotatable bonds is 5. The van der Waals surface area contributed by atoms with Gasteiger partial charge in [0.1, 0.15) is 5.58 Å². The van der Waals surface area contributed by atoms with Crippen molar-refractivity contribution >= 4 is 34.2 Å². The number of imide groups is 1. The lowest BCUT2D eigenvalue weighted by molar-refractivity contribution is -0.119. The molecule has 0 saturated carbocycles. The second-order valence-electron chi connectivity index (χ2n) is 7.13. The summed E-state index contributed by atoms with van der Waals surface area (Å²) < 4.78 is 5.66. The number of aryl methyl sites for hydroxylation is 1. The molecule has 4 rings (SSSR count). The Balaban J connectivity index is 1.76. The number of amides is 2. The van der Waals surface area contributed by atoms with Crippen molar-refractivity contribution in [2.75, 3.05) is 22.9 Å². The molecule has 2 amide bonds. The summed E-state index contributed by atoms with van der Waals surface area (Å²) >= 11 is 0. The molecule has 1 aromatic heterocycles. The van der Waals surface area contributed by atoms with Gasteiger partial charge in [-0.1, -0.05) is 12.1 Å². The van der Waals surface area contributed by atoms with Gasteiger partial charge in [-0.25, -0.2) is 9.69 Å². The van der Waals surface area contributed by atoms with Crippen LogP contribution in [-0.4, -0.2) is 24.9 Å². The van der Waals surface area contributed by atoms with Crippen LogP contribution in [0.25, 0.3) is 22.1 Å². The minimum atomic E-state index is -0.417. The molecular formula is C24H22N2O4. The fraction of sp³-hybridized carbons (Fsp3) is 0.208. The molecule has 0 N–H and O–H groups in total. The van der Waals surface area contributed by atoms with Crippen LogP contribution in [0, 0.1) is 6.92 Å². The van der Waals surface area contributed by atoms with Gasteiger partial charge in [-0.05, 0) is 56.2 Å². The van der Waals surface area contributed by atoms with Gasteiger partial charge in [0.2, 0.25) is 0 Å². The Kier molecular flexibility index (Phi) is 4.99. The van der Waals surface area contributed by atoms with Crippen LogP contribution < -0.4 is 15.4 Å². The highest BCUT2D eigenvalue weighted by molar-refractivity contribution is 6.28. The van der Waals surface area contributed by atoms with Gasteiger partial charge in [-0.2, -0.15) is 0 Å². The summed E-state index contributed by atoms with van der Waals surface area (Å²) in [4.78, 5) is 39.8. The maximum atomic E-state index is 12.8. The monoisotopic (exact) mass is 402 g/mol. The van der Waals surface area contributed by atoms with E-state index in [1.807, 2.05) is 25.1 Å². The molecule has 1 aliphatic heterocycles. The molecule has 3 aromatic rings. The van der Waals surface area contributed by atoms with E-state index in [1.54, 1.807) is 24.3 Å². The molecule has 0 atom stereocenters. The zero-order valence-electron chi connectivity index (χ0n) is 17.1. The van der Waals surface area contributed by atoms with Gasteiger partial charge in [-0.15, -0.1) is 0 Å². The van der Waals surface area contributed by atoms with Crippen molar-refractivity contribution in [3.8, 4) is 11.1 Å². The fourth-order valence-electron chi connectivity index (χ4n) is 3.90. The van der Waals surface area contributed by atoms with Gasteiger partial charge in [0.15, 0.2) is 0 Å². The smallest absolute Gasteiger partial charge is 0.344 e. The Morgan fingerprint density at radius 1 is 0.900 bits per heavy atom. The number of carbonyl (C=O) groups excluding carboxylic acids is 2. The van der Waals surface area contributed by atoms with E-state index in [0.717, 1.165) is 34.6 Å². The van der Waals surface area contributed by atoms with Crippen molar-refractivity contribution in [3.63, 3.8) is 0 Å². The number of fused-ring (bicyclic) bond motifs is 1. The molecule has 6 nitrogen and oxygen atoms in total. The average molecular weight is 402 g/mol. The first-order chi connectivity index (χ1) is 14.4. The highest BCUT2D eigenvalue weighted by Gasteiger charge is 2.25. The van der Waals surface area contributed by atoms with Crippen LogP contribution >= 0.6 is 0 Å². The summed E-state index contributed by atoms with van der Waals surface area (Å²) in [7, 11) is 0. The largest absolute Gasteiger partial charge is 0.422 e. The van der Waals surface area contributed by atoms with Gasteiger partial charge in [-0.3, -0.25) is 9.59 Å².